The number of ketones is 1. The monoisotopic (exact) mass is 378 g/mol. The van der Waals surface area contributed by atoms with Gasteiger partial charge in [0, 0.05) is 12.3 Å². The van der Waals surface area contributed by atoms with Gasteiger partial charge in [0.25, 0.3) is 0 Å². The van der Waals surface area contributed by atoms with Gasteiger partial charge in [-0.25, -0.2) is 0 Å². The zero-order chi connectivity index (χ0) is 20.2. The minimum absolute atomic E-state index is 0.105. The predicted octanol–water partition coefficient (Wildman–Crippen LogP) is 1.86. The molecule has 7 nitrogen and oxygen atoms in total. The minimum atomic E-state index is -1.65. The summed E-state index contributed by atoms with van der Waals surface area (Å²) in [6.45, 7) is 4.94. The lowest BCUT2D eigenvalue weighted by Gasteiger charge is -2.43. The Morgan fingerprint density at radius 1 is 1.19 bits per heavy atom. The quantitative estimate of drug-likeness (QED) is 0.596. The van der Waals surface area contributed by atoms with Crippen LogP contribution in [0.25, 0.3) is 0 Å². The first-order valence-corrected chi connectivity index (χ1v) is 8.99. The van der Waals surface area contributed by atoms with Gasteiger partial charge < -0.3 is 19.3 Å². The van der Waals surface area contributed by atoms with E-state index in [0.717, 1.165) is 0 Å². The summed E-state index contributed by atoms with van der Waals surface area (Å²) in [4.78, 5) is 38.0. The van der Waals surface area contributed by atoms with Gasteiger partial charge in [0.1, 0.15) is 11.7 Å². The van der Waals surface area contributed by atoms with Crippen LogP contribution in [0.4, 0.5) is 0 Å². The molecule has 4 atom stereocenters. The van der Waals surface area contributed by atoms with Crippen molar-refractivity contribution in [3.63, 3.8) is 0 Å². The number of aliphatic hydroxyl groups is 1. The van der Waals surface area contributed by atoms with Crippen molar-refractivity contribution in [1.82, 2.24) is 0 Å². The maximum atomic E-state index is 12.7. The van der Waals surface area contributed by atoms with Gasteiger partial charge >= 0.3 is 11.9 Å². The lowest BCUT2D eigenvalue weighted by molar-refractivity contribution is -0.172. The fourth-order valence-electron chi connectivity index (χ4n) is 3.73. The van der Waals surface area contributed by atoms with Crippen molar-refractivity contribution in [1.29, 1.82) is 0 Å². The van der Waals surface area contributed by atoms with Gasteiger partial charge in [-0.2, -0.15) is 0 Å². The van der Waals surface area contributed by atoms with Crippen molar-refractivity contribution >= 4 is 17.7 Å². The molecule has 0 unspecified atom stereocenters. The van der Waals surface area contributed by atoms with Crippen molar-refractivity contribution < 1.29 is 33.7 Å². The zero-order valence-electron chi connectivity index (χ0n) is 16.1. The molecule has 0 radical (unpaired) electrons. The Morgan fingerprint density at radius 3 is 2.41 bits per heavy atom. The van der Waals surface area contributed by atoms with E-state index in [9.17, 15) is 19.5 Å². The average Bonchev–Trinajstić information content (AvgIpc) is 2.60. The minimum Gasteiger partial charge on any atom is -0.497 e. The first-order valence-electron chi connectivity index (χ1n) is 8.99. The second-order valence-corrected chi connectivity index (χ2v) is 6.76. The molecule has 0 amide bonds. The second-order valence-electron chi connectivity index (χ2n) is 6.76. The van der Waals surface area contributed by atoms with Crippen LogP contribution in [0.15, 0.2) is 24.3 Å². The van der Waals surface area contributed by atoms with Crippen molar-refractivity contribution in [3.05, 3.63) is 29.8 Å². The number of hydrogen-bond donors (Lipinski definition) is 1. The number of methoxy groups -OCH3 is 1. The van der Waals surface area contributed by atoms with Crippen LogP contribution in [0.2, 0.25) is 0 Å². The SMILES string of the molecule is CCOC(=O)[C@@H]1C(=O)C[C@](C)(O)[C@@H](C(=O)OCC)[C@H]1c1cccc(OC)c1. The molecule has 1 aromatic carbocycles. The molecule has 0 bridgehead atoms. The summed E-state index contributed by atoms with van der Waals surface area (Å²) in [6, 6.07) is 6.76. The van der Waals surface area contributed by atoms with Crippen LogP contribution in [0, 0.1) is 11.8 Å². The zero-order valence-corrected chi connectivity index (χ0v) is 16.1. The molecule has 1 aliphatic carbocycles. The van der Waals surface area contributed by atoms with Crippen LogP contribution in [0.1, 0.15) is 38.7 Å². The van der Waals surface area contributed by atoms with Crippen molar-refractivity contribution in [3.8, 4) is 5.75 Å². The first-order chi connectivity index (χ1) is 12.8. The van der Waals surface area contributed by atoms with Gasteiger partial charge in [-0.1, -0.05) is 12.1 Å². The summed E-state index contributed by atoms with van der Waals surface area (Å²) >= 11 is 0. The lowest BCUT2D eigenvalue weighted by atomic mass is 9.61. The molecule has 1 saturated carbocycles. The molecule has 0 aromatic heterocycles. The number of ether oxygens (including phenoxy) is 3. The van der Waals surface area contributed by atoms with Gasteiger partial charge in [0.05, 0.1) is 31.8 Å². The topological polar surface area (TPSA) is 99.1 Å². The molecule has 1 fully saturated rings. The third kappa shape index (κ3) is 4.30. The third-order valence-electron chi connectivity index (χ3n) is 4.83. The van der Waals surface area contributed by atoms with Gasteiger partial charge in [0.2, 0.25) is 0 Å². The van der Waals surface area contributed by atoms with Crippen molar-refractivity contribution in [2.45, 2.75) is 38.7 Å². The van der Waals surface area contributed by atoms with E-state index in [1.807, 2.05) is 0 Å². The standard InChI is InChI=1S/C20H26O7/c1-5-26-18(22)16-14(21)11-20(3,24)17(19(23)27-6-2)15(16)12-8-7-9-13(10-12)25-4/h7-10,15-17,24H,5-6,11H2,1-4H3/t15-,16+,17+,20-/m0/s1. The molecular weight excluding hydrogens is 352 g/mol. The van der Waals surface area contributed by atoms with Gasteiger partial charge in [0.15, 0.2) is 5.78 Å². The van der Waals surface area contributed by atoms with Crippen LogP contribution in [0.3, 0.4) is 0 Å². The molecule has 1 N–H and O–H groups in total. The summed E-state index contributed by atoms with van der Waals surface area (Å²) in [7, 11) is 1.49. The van der Waals surface area contributed by atoms with E-state index in [1.54, 1.807) is 38.1 Å². The third-order valence-corrected chi connectivity index (χ3v) is 4.83. The maximum absolute atomic E-state index is 12.7. The fraction of sp³-hybridized carbons (Fsp3) is 0.550. The Morgan fingerprint density at radius 2 is 1.81 bits per heavy atom. The fourth-order valence-corrected chi connectivity index (χ4v) is 3.73. The summed E-state index contributed by atoms with van der Waals surface area (Å²) in [5.41, 5.74) is -1.13. The molecule has 1 aromatic rings. The van der Waals surface area contributed by atoms with E-state index < -0.39 is 41.1 Å². The lowest BCUT2D eigenvalue weighted by Crippen LogP contribution is -2.55. The Hall–Kier alpha value is -2.41. The van der Waals surface area contributed by atoms with Crippen molar-refractivity contribution in [2.75, 3.05) is 20.3 Å². The highest BCUT2D eigenvalue weighted by Crippen LogP contribution is 2.47. The number of carbonyl (C=O) groups is 3. The first kappa shape index (κ1) is 20.9. The summed E-state index contributed by atoms with van der Waals surface area (Å²) in [5, 5.41) is 10.9. The van der Waals surface area contributed by atoms with Gasteiger partial charge in [-0.05, 0) is 38.5 Å². The summed E-state index contributed by atoms with van der Waals surface area (Å²) < 4.78 is 15.5. The number of benzene rings is 1. The van der Waals surface area contributed by atoms with Crippen LogP contribution >= 0.6 is 0 Å². The molecule has 7 heteroatoms. The average molecular weight is 378 g/mol. The highest BCUT2D eigenvalue weighted by atomic mass is 16.5. The molecule has 1 aliphatic rings. The van der Waals surface area contributed by atoms with E-state index >= 15 is 0 Å². The van der Waals surface area contributed by atoms with Gasteiger partial charge in [-0.3, -0.25) is 14.4 Å². The van der Waals surface area contributed by atoms with Crippen LogP contribution in [-0.2, 0) is 23.9 Å². The van der Waals surface area contributed by atoms with Crippen molar-refractivity contribution in [2.24, 2.45) is 11.8 Å². The summed E-state index contributed by atoms with van der Waals surface area (Å²) in [6.07, 6.45) is -0.333. The molecule has 27 heavy (non-hydrogen) atoms. The molecule has 0 saturated heterocycles. The number of rotatable bonds is 6. The van der Waals surface area contributed by atoms with E-state index in [2.05, 4.69) is 0 Å². The Bertz CT molecular complexity index is 710. The maximum Gasteiger partial charge on any atom is 0.317 e. The predicted molar refractivity (Wildman–Crippen MR) is 96.2 cm³/mol. The molecular formula is C20H26O7. The summed E-state index contributed by atoms with van der Waals surface area (Å²) in [5.74, 6) is -4.54. The number of esters is 2. The van der Waals surface area contributed by atoms with E-state index in [-0.39, 0.29) is 19.6 Å². The van der Waals surface area contributed by atoms with Crippen LogP contribution in [-0.4, -0.2) is 48.8 Å². The molecule has 148 valence electrons. The number of Topliss-reactive ketones (excluding diaryl/α,β-unsaturated/α-hetero) is 1. The largest absolute Gasteiger partial charge is 0.497 e. The Kier molecular flexibility index (Phi) is 6.59. The number of hydrogen-bond acceptors (Lipinski definition) is 7. The van der Waals surface area contributed by atoms with E-state index in [1.165, 1.54) is 14.0 Å². The smallest absolute Gasteiger partial charge is 0.317 e. The molecule has 0 aliphatic heterocycles. The van der Waals surface area contributed by atoms with E-state index in [4.69, 9.17) is 14.2 Å². The number of carbonyl (C=O) groups excluding carboxylic acids is 3. The normalized spacial score (nSPS) is 27.7. The van der Waals surface area contributed by atoms with E-state index in [0.29, 0.717) is 11.3 Å². The highest BCUT2D eigenvalue weighted by Gasteiger charge is 2.57. The molecule has 0 spiro atoms. The Labute approximate surface area is 158 Å². The second kappa shape index (κ2) is 8.52. The molecule has 0 heterocycles. The van der Waals surface area contributed by atoms with Crippen LogP contribution < -0.4 is 4.74 Å². The van der Waals surface area contributed by atoms with Crippen LogP contribution in [0.5, 0.6) is 5.75 Å². The molecule has 2 rings (SSSR count). The highest BCUT2D eigenvalue weighted by molar-refractivity contribution is 6.02. The van der Waals surface area contributed by atoms with Gasteiger partial charge in [-0.15, -0.1) is 0 Å². The Balaban J connectivity index is 2.63.